The van der Waals surface area contributed by atoms with Gasteiger partial charge in [-0.1, -0.05) is 45.2 Å². The zero-order valence-electron chi connectivity index (χ0n) is 18.2. The predicted octanol–water partition coefficient (Wildman–Crippen LogP) is 2.37. The van der Waals surface area contributed by atoms with Gasteiger partial charge >= 0.3 is 5.69 Å². The number of benzene rings is 1. The summed E-state index contributed by atoms with van der Waals surface area (Å²) in [7, 11) is 0. The van der Waals surface area contributed by atoms with Crippen LogP contribution in [0.3, 0.4) is 0 Å². The number of anilines is 2. The molecule has 0 radical (unpaired) electrons. The molecule has 4 N–H and O–H groups in total. The second-order valence-corrected chi connectivity index (χ2v) is 7.53. The van der Waals surface area contributed by atoms with Gasteiger partial charge in [0.2, 0.25) is 5.91 Å². The summed E-state index contributed by atoms with van der Waals surface area (Å²) in [4.78, 5) is 41.4. The number of nitrogens with one attached hydrogen (secondary N) is 2. The van der Waals surface area contributed by atoms with E-state index in [9.17, 15) is 18.8 Å². The number of unbranched alkanes of at least 4 members (excludes halogenated alkanes) is 3. The lowest BCUT2D eigenvalue weighted by Crippen LogP contribution is -2.43. The second kappa shape index (κ2) is 11.9. The summed E-state index contributed by atoms with van der Waals surface area (Å²) < 4.78 is 14.4. The van der Waals surface area contributed by atoms with Gasteiger partial charge in [0.05, 0.1) is 6.54 Å². The quantitative estimate of drug-likeness (QED) is 0.445. The fourth-order valence-corrected chi connectivity index (χ4v) is 3.28. The summed E-state index contributed by atoms with van der Waals surface area (Å²) in [6, 6.07) is 5.86. The number of hydrogen-bond donors (Lipinski definition) is 3. The Kier molecular flexibility index (Phi) is 9.30. The Balaban J connectivity index is 2.22. The molecular formula is C22H32FN5O3. The molecule has 170 valence electrons. The van der Waals surface area contributed by atoms with Crippen molar-refractivity contribution in [1.82, 2.24) is 14.9 Å². The first-order valence-corrected chi connectivity index (χ1v) is 10.8. The van der Waals surface area contributed by atoms with E-state index in [1.54, 1.807) is 17.0 Å². The summed E-state index contributed by atoms with van der Waals surface area (Å²) >= 11 is 0. The number of aromatic nitrogens is 2. The van der Waals surface area contributed by atoms with Gasteiger partial charge in [-0.15, -0.1) is 0 Å². The van der Waals surface area contributed by atoms with Gasteiger partial charge < -0.3 is 16.0 Å². The minimum atomic E-state index is -0.599. The largest absolute Gasteiger partial charge is 0.383 e. The molecule has 0 saturated heterocycles. The monoisotopic (exact) mass is 433 g/mol. The van der Waals surface area contributed by atoms with Crippen molar-refractivity contribution in [1.29, 1.82) is 0 Å². The Morgan fingerprint density at radius 2 is 1.81 bits per heavy atom. The topological polar surface area (TPSA) is 113 Å². The van der Waals surface area contributed by atoms with Gasteiger partial charge in [-0.2, -0.15) is 0 Å². The van der Waals surface area contributed by atoms with Crippen molar-refractivity contribution in [3.63, 3.8) is 0 Å². The van der Waals surface area contributed by atoms with Crippen LogP contribution in [-0.4, -0.2) is 28.5 Å². The van der Waals surface area contributed by atoms with E-state index in [4.69, 9.17) is 5.73 Å². The molecule has 8 nitrogen and oxygen atoms in total. The van der Waals surface area contributed by atoms with Crippen molar-refractivity contribution in [2.45, 2.75) is 59.0 Å². The molecule has 1 amide bonds. The fourth-order valence-electron chi connectivity index (χ4n) is 3.28. The molecule has 0 bridgehead atoms. The van der Waals surface area contributed by atoms with Crippen LogP contribution in [0.25, 0.3) is 0 Å². The average molecular weight is 434 g/mol. The fraction of sp³-hybridized carbons (Fsp3) is 0.500. The summed E-state index contributed by atoms with van der Waals surface area (Å²) in [6.07, 6.45) is 4.29. The van der Waals surface area contributed by atoms with E-state index in [1.165, 1.54) is 16.7 Å². The third-order valence-electron chi connectivity index (χ3n) is 5.03. The third kappa shape index (κ3) is 6.97. The highest BCUT2D eigenvalue weighted by molar-refractivity contribution is 5.82. The van der Waals surface area contributed by atoms with Gasteiger partial charge in [0, 0.05) is 19.6 Å². The SMILES string of the molecule is CCCCCN(CC(=O)NCc1ccc(F)cc1)c1c(N)n(CCCC)c(=O)[nH]c1=O. The normalized spacial score (nSPS) is 10.8. The summed E-state index contributed by atoms with van der Waals surface area (Å²) in [5, 5.41) is 2.78. The summed E-state index contributed by atoms with van der Waals surface area (Å²) in [5.74, 6) is -0.568. The van der Waals surface area contributed by atoms with Gasteiger partial charge in [-0.25, -0.2) is 9.18 Å². The summed E-state index contributed by atoms with van der Waals surface area (Å²) in [6.45, 7) is 5.07. The maximum atomic E-state index is 13.0. The highest BCUT2D eigenvalue weighted by Gasteiger charge is 2.20. The van der Waals surface area contributed by atoms with Gasteiger partial charge in [0.15, 0.2) is 0 Å². The lowest BCUT2D eigenvalue weighted by Gasteiger charge is -2.25. The highest BCUT2D eigenvalue weighted by Crippen LogP contribution is 2.18. The number of aromatic amines is 1. The molecule has 0 saturated carbocycles. The molecule has 2 rings (SSSR count). The number of carbonyl (C=O) groups excluding carboxylic acids is 1. The van der Waals surface area contributed by atoms with Crippen LogP contribution in [0.5, 0.6) is 0 Å². The van der Waals surface area contributed by atoms with E-state index in [-0.39, 0.29) is 36.3 Å². The number of nitrogens with two attached hydrogens (primary N) is 1. The molecule has 9 heteroatoms. The van der Waals surface area contributed by atoms with E-state index < -0.39 is 11.2 Å². The Labute approximate surface area is 181 Å². The summed E-state index contributed by atoms with van der Waals surface area (Å²) in [5.41, 5.74) is 5.98. The van der Waals surface area contributed by atoms with Gasteiger partial charge in [0.1, 0.15) is 17.3 Å². The molecule has 1 aromatic carbocycles. The first kappa shape index (κ1) is 24.2. The van der Waals surface area contributed by atoms with Crippen LogP contribution in [0.4, 0.5) is 15.9 Å². The molecule has 31 heavy (non-hydrogen) atoms. The molecule has 0 spiro atoms. The van der Waals surface area contributed by atoms with Crippen molar-refractivity contribution >= 4 is 17.4 Å². The minimum Gasteiger partial charge on any atom is -0.383 e. The van der Waals surface area contributed by atoms with Crippen molar-refractivity contribution in [3.8, 4) is 0 Å². The smallest absolute Gasteiger partial charge is 0.330 e. The van der Waals surface area contributed by atoms with Crippen LogP contribution >= 0.6 is 0 Å². The first-order chi connectivity index (χ1) is 14.9. The molecule has 0 aliphatic rings. The third-order valence-corrected chi connectivity index (χ3v) is 5.03. The lowest BCUT2D eigenvalue weighted by atomic mass is 10.2. The second-order valence-electron chi connectivity index (χ2n) is 7.53. The highest BCUT2D eigenvalue weighted by atomic mass is 19.1. The molecule has 0 aliphatic carbocycles. The van der Waals surface area contributed by atoms with E-state index in [0.717, 1.165) is 37.7 Å². The van der Waals surface area contributed by atoms with Crippen LogP contribution in [0, 0.1) is 5.82 Å². The molecule has 0 aliphatic heterocycles. The average Bonchev–Trinajstić information content (AvgIpc) is 2.73. The number of nitrogens with zero attached hydrogens (tertiary/aromatic N) is 2. The molecular weight excluding hydrogens is 401 g/mol. The van der Waals surface area contributed by atoms with Gasteiger partial charge in [-0.05, 0) is 30.5 Å². The van der Waals surface area contributed by atoms with E-state index in [0.29, 0.717) is 13.1 Å². The number of hydrogen-bond acceptors (Lipinski definition) is 5. The van der Waals surface area contributed by atoms with Crippen LogP contribution in [0.15, 0.2) is 33.9 Å². The lowest BCUT2D eigenvalue weighted by molar-refractivity contribution is -0.119. The zero-order valence-corrected chi connectivity index (χ0v) is 18.2. The van der Waals surface area contributed by atoms with Crippen molar-refractivity contribution < 1.29 is 9.18 Å². The molecule has 0 unspecified atom stereocenters. The molecule has 0 atom stereocenters. The van der Waals surface area contributed by atoms with Crippen LogP contribution < -0.4 is 27.2 Å². The Morgan fingerprint density at radius 1 is 1.13 bits per heavy atom. The Hall–Kier alpha value is -3.10. The first-order valence-electron chi connectivity index (χ1n) is 10.8. The van der Waals surface area contributed by atoms with Crippen molar-refractivity contribution in [2.24, 2.45) is 0 Å². The van der Waals surface area contributed by atoms with Crippen LogP contribution in [0.1, 0.15) is 51.5 Å². The predicted molar refractivity (Wildman–Crippen MR) is 121 cm³/mol. The number of halogens is 1. The number of nitrogen functional groups attached to an aromatic ring is 1. The molecule has 1 aromatic heterocycles. The maximum Gasteiger partial charge on any atom is 0.330 e. The number of H-pyrrole nitrogens is 1. The van der Waals surface area contributed by atoms with E-state index in [1.807, 2.05) is 6.92 Å². The molecule has 0 fully saturated rings. The van der Waals surface area contributed by atoms with Crippen LogP contribution in [-0.2, 0) is 17.9 Å². The van der Waals surface area contributed by atoms with Gasteiger partial charge in [-0.3, -0.25) is 19.1 Å². The van der Waals surface area contributed by atoms with Crippen LogP contribution in [0.2, 0.25) is 0 Å². The van der Waals surface area contributed by atoms with E-state index >= 15 is 0 Å². The number of amides is 1. The minimum absolute atomic E-state index is 0.0741. The number of rotatable bonds is 12. The Bertz CT molecular complexity index is 969. The van der Waals surface area contributed by atoms with Crippen molar-refractivity contribution in [3.05, 3.63) is 56.5 Å². The maximum absolute atomic E-state index is 13.0. The van der Waals surface area contributed by atoms with Gasteiger partial charge in [0.25, 0.3) is 5.56 Å². The standard InChI is InChI=1S/C22H32FN5O3/c1-3-5-7-12-27(15-18(29)25-14-16-8-10-17(23)11-9-16)19-20(24)28(13-6-4-2)22(31)26-21(19)30/h8-11H,3-7,12-15,24H2,1-2H3,(H,25,29)(H,26,30,31). The zero-order chi connectivity index (χ0) is 22.8. The van der Waals surface area contributed by atoms with E-state index in [2.05, 4.69) is 17.2 Å². The number of carbonyl (C=O) groups is 1. The molecule has 2 aromatic rings. The Morgan fingerprint density at radius 3 is 2.45 bits per heavy atom. The molecule has 1 heterocycles. The van der Waals surface area contributed by atoms with Crippen molar-refractivity contribution in [2.75, 3.05) is 23.7 Å².